The number of anilines is 1. The molecule has 0 unspecified atom stereocenters. The second-order valence-electron chi connectivity index (χ2n) is 6.77. The minimum Gasteiger partial charge on any atom is -0.493 e. The zero-order valence-corrected chi connectivity index (χ0v) is 17.2. The Morgan fingerprint density at radius 2 is 1.80 bits per heavy atom. The molecule has 8 heteroatoms. The van der Waals surface area contributed by atoms with Crippen LogP contribution in [0.4, 0.5) is 10.1 Å². The molecule has 0 saturated carbocycles. The van der Waals surface area contributed by atoms with E-state index in [-0.39, 0.29) is 10.6 Å². The van der Waals surface area contributed by atoms with Crippen LogP contribution in [0.2, 0.25) is 0 Å². The number of hydrogen-bond donors (Lipinski definition) is 2. The topological polar surface area (TPSA) is 92.7 Å². The summed E-state index contributed by atoms with van der Waals surface area (Å²) >= 11 is 0. The number of rotatable bonds is 9. The number of ether oxygens (including phenoxy) is 1. The molecule has 0 aliphatic heterocycles. The maximum Gasteiger partial charge on any atom is 0.338 e. The Morgan fingerprint density at radius 1 is 1.07 bits per heavy atom. The van der Waals surface area contributed by atoms with Gasteiger partial charge in [0.25, 0.3) is 10.0 Å². The van der Waals surface area contributed by atoms with Crippen molar-refractivity contribution in [1.82, 2.24) is 0 Å². The van der Waals surface area contributed by atoms with Gasteiger partial charge in [-0.2, -0.15) is 0 Å². The number of carboxylic acid groups (broad SMARTS) is 1. The fraction of sp³-hybridized carbons (Fsp3) is 0.227. The molecule has 0 fully saturated rings. The highest BCUT2D eigenvalue weighted by Gasteiger charge is 2.20. The SMILES string of the molecule is CCCCCOc1ccc(S(=O)(=O)Nc2ccc(F)c(C(=O)O)c2)c2ccccc12. The Kier molecular flexibility index (Phi) is 6.56. The lowest BCUT2D eigenvalue weighted by Crippen LogP contribution is -2.14. The molecule has 0 aliphatic rings. The molecule has 0 saturated heterocycles. The molecule has 30 heavy (non-hydrogen) atoms. The van der Waals surface area contributed by atoms with E-state index in [1.54, 1.807) is 30.3 Å². The lowest BCUT2D eigenvalue weighted by atomic mass is 10.1. The summed E-state index contributed by atoms with van der Waals surface area (Å²) in [7, 11) is -4.06. The lowest BCUT2D eigenvalue weighted by Gasteiger charge is -2.14. The molecule has 0 heterocycles. The van der Waals surface area contributed by atoms with E-state index >= 15 is 0 Å². The Hall–Kier alpha value is -3.13. The Labute approximate surface area is 174 Å². The first kappa shape index (κ1) is 21.6. The van der Waals surface area contributed by atoms with Gasteiger partial charge in [-0.1, -0.05) is 44.0 Å². The van der Waals surface area contributed by atoms with E-state index in [1.807, 2.05) is 0 Å². The summed E-state index contributed by atoms with van der Waals surface area (Å²) in [5, 5.41) is 10.2. The highest BCUT2D eigenvalue weighted by atomic mass is 32.2. The fourth-order valence-electron chi connectivity index (χ4n) is 3.10. The number of nitrogens with one attached hydrogen (secondary N) is 1. The predicted octanol–water partition coefficient (Wildman–Crippen LogP) is 5.05. The number of carboxylic acids is 1. The summed E-state index contributed by atoms with van der Waals surface area (Å²) in [6.45, 7) is 2.64. The first-order chi connectivity index (χ1) is 14.3. The van der Waals surface area contributed by atoms with Gasteiger partial charge in [-0.25, -0.2) is 17.6 Å². The summed E-state index contributed by atoms with van der Waals surface area (Å²) in [5.41, 5.74) is -0.659. The molecule has 0 bridgehead atoms. The zero-order chi connectivity index (χ0) is 21.7. The number of halogens is 1. The standard InChI is InChI=1S/C22H22FNO5S/c1-2-3-6-13-29-20-11-12-21(17-8-5-4-7-16(17)20)30(27,28)24-15-9-10-19(23)18(14-15)22(25)26/h4-5,7-12,14,24H,2-3,6,13H2,1H3,(H,25,26). The van der Waals surface area contributed by atoms with Crippen molar-refractivity contribution in [1.29, 1.82) is 0 Å². The molecule has 0 spiro atoms. The second-order valence-corrected chi connectivity index (χ2v) is 8.42. The van der Waals surface area contributed by atoms with Crippen LogP contribution in [-0.2, 0) is 10.0 Å². The number of benzene rings is 3. The van der Waals surface area contributed by atoms with Gasteiger partial charge < -0.3 is 9.84 Å². The number of aromatic carboxylic acids is 1. The van der Waals surface area contributed by atoms with Crippen LogP contribution in [0.25, 0.3) is 10.8 Å². The van der Waals surface area contributed by atoms with Gasteiger partial charge in [0.2, 0.25) is 0 Å². The minimum absolute atomic E-state index is 0.0141. The monoisotopic (exact) mass is 431 g/mol. The van der Waals surface area contributed by atoms with Crippen molar-refractivity contribution in [3.63, 3.8) is 0 Å². The highest BCUT2D eigenvalue weighted by Crippen LogP contribution is 2.32. The van der Waals surface area contributed by atoms with E-state index in [9.17, 15) is 17.6 Å². The van der Waals surface area contributed by atoms with E-state index < -0.39 is 27.4 Å². The predicted molar refractivity (Wildman–Crippen MR) is 113 cm³/mol. The van der Waals surface area contributed by atoms with E-state index in [0.717, 1.165) is 31.4 Å². The van der Waals surface area contributed by atoms with Crippen LogP contribution in [0.5, 0.6) is 5.75 Å². The van der Waals surface area contributed by atoms with Gasteiger partial charge in [0.15, 0.2) is 0 Å². The van der Waals surface area contributed by atoms with Crippen LogP contribution in [0.1, 0.15) is 36.5 Å². The maximum absolute atomic E-state index is 13.6. The quantitative estimate of drug-likeness (QED) is 0.463. The third-order valence-corrected chi connectivity index (χ3v) is 6.03. The maximum atomic E-state index is 13.6. The van der Waals surface area contributed by atoms with Gasteiger partial charge in [-0.3, -0.25) is 4.72 Å². The van der Waals surface area contributed by atoms with Crippen molar-refractivity contribution in [2.75, 3.05) is 11.3 Å². The summed E-state index contributed by atoms with van der Waals surface area (Å²) < 4.78 is 47.8. The van der Waals surface area contributed by atoms with Crippen LogP contribution in [0, 0.1) is 5.82 Å². The molecule has 0 radical (unpaired) electrons. The second kappa shape index (κ2) is 9.13. The number of carbonyl (C=O) groups is 1. The number of fused-ring (bicyclic) bond motifs is 1. The first-order valence-corrected chi connectivity index (χ1v) is 11.0. The Morgan fingerprint density at radius 3 is 2.50 bits per heavy atom. The van der Waals surface area contributed by atoms with Crippen LogP contribution in [0.15, 0.2) is 59.5 Å². The van der Waals surface area contributed by atoms with Crippen molar-refractivity contribution in [2.45, 2.75) is 31.1 Å². The normalized spacial score (nSPS) is 11.4. The van der Waals surface area contributed by atoms with Crippen LogP contribution < -0.4 is 9.46 Å². The lowest BCUT2D eigenvalue weighted by molar-refractivity contribution is 0.0692. The molecular weight excluding hydrogens is 409 g/mol. The largest absolute Gasteiger partial charge is 0.493 e. The summed E-state index contributed by atoms with van der Waals surface area (Å²) in [5.74, 6) is -1.83. The van der Waals surface area contributed by atoms with Crippen molar-refractivity contribution in [3.05, 3.63) is 66.0 Å². The molecule has 3 rings (SSSR count). The summed E-state index contributed by atoms with van der Waals surface area (Å²) in [4.78, 5) is 11.1. The molecule has 3 aromatic carbocycles. The zero-order valence-electron chi connectivity index (χ0n) is 16.4. The van der Waals surface area contributed by atoms with Crippen molar-refractivity contribution in [3.8, 4) is 5.75 Å². The van der Waals surface area contributed by atoms with Crippen molar-refractivity contribution >= 4 is 32.5 Å². The van der Waals surface area contributed by atoms with Gasteiger partial charge in [0, 0.05) is 16.5 Å². The van der Waals surface area contributed by atoms with Gasteiger partial charge in [-0.15, -0.1) is 0 Å². The van der Waals surface area contributed by atoms with Crippen molar-refractivity contribution in [2.24, 2.45) is 0 Å². The average Bonchev–Trinajstić information content (AvgIpc) is 2.72. The Balaban J connectivity index is 1.96. The Bertz CT molecular complexity index is 1180. The van der Waals surface area contributed by atoms with Gasteiger partial charge in [0.05, 0.1) is 17.1 Å². The van der Waals surface area contributed by atoms with Crippen molar-refractivity contribution < 1.29 is 27.4 Å². The first-order valence-electron chi connectivity index (χ1n) is 9.53. The van der Waals surface area contributed by atoms with E-state index in [4.69, 9.17) is 9.84 Å². The molecule has 2 N–H and O–H groups in total. The molecule has 0 atom stereocenters. The van der Waals surface area contributed by atoms with Gasteiger partial charge >= 0.3 is 5.97 Å². The molecule has 158 valence electrons. The number of hydrogen-bond acceptors (Lipinski definition) is 4. The van der Waals surface area contributed by atoms with Gasteiger partial charge in [-0.05, 0) is 36.8 Å². The third-order valence-electron chi connectivity index (χ3n) is 4.59. The van der Waals surface area contributed by atoms with Gasteiger partial charge in [0.1, 0.15) is 11.6 Å². The van der Waals surface area contributed by atoms with Crippen LogP contribution >= 0.6 is 0 Å². The molecule has 0 amide bonds. The van der Waals surface area contributed by atoms with E-state index in [0.29, 0.717) is 23.1 Å². The number of sulfonamides is 1. The summed E-state index contributed by atoms with van der Waals surface area (Å²) in [6, 6.07) is 13.1. The molecule has 0 aliphatic carbocycles. The molecule has 3 aromatic rings. The average molecular weight is 431 g/mol. The third kappa shape index (κ3) is 4.71. The molecular formula is C22H22FNO5S. The fourth-order valence-corrected chi connectivity index (χ4v) is 4.36. The van der Waals surface area contributed by atoms with E-state index in [1.165, 1.54) is 12.1 Å². The molecule has 6 nitrogen and oxygen atoms in total. The van der Waals surface area contributed by atoms with E-state index in [2.05, 4.69) is 11.6 Å². The highest BCUT2D eigenvalue weighted by molar-refractivity contribution is 7.93. The number of unbranched alkanes of at least 4 members (excludes halogenated alkanes) is 2. The minimum atomic E-state index is -4.06. The summed E-state index contributed by atoms with van der Waals surface area (Å²) in [6.07, 6.45) is 3.02. The van der Waals surface area contributed by atoms with Crippen LogP contribution in [0.3, 0.4) is 0 Å². The molecule has 0 aromatic heterocycles. The smallest absolute Gasteiger partial charge is 0.338 e. The van der Waals surface area contributed by atoms with Crippen LogP contribution in [-0.4, -0.2) is 26.1 Å².